The predicted octanol–water partition coefficient (Wildman–Crippen LogP) is 4.39. The van der Waals surface area contributed by atoms with Crippen LogP contribution in [0.2, 0.25) is 0 Å². The molecule has 1 fully saturated rings. The van der Waals surface area contributed by atoms with Crippen LogP contribution in [0.15, 0.2) is 48.8 Å². The number of rotatable bonds is 6. The first kappa shape index (κ1) is 22.4. The molecule has 2 aromatic rings. The fourth-order valence-corrected chi connectivity index (χ4v) is 7.52. The van der Waals surface area contributed by atoms with Gasteiger partial charge in [0.15, 0.2) is 0 Å². The van der Waals surface area contributed by atoms with E-state index < -0.39 is 37.7 Å². The van der Waals surface area contributed by atoms with Crippen molar-refractivity contribution in [1.29, 1.82) is 0 Å². The second-order valence-corrected chi connectivity index (χ2v) is 11.2. The third kappa shape index (κ3) is 5.88. The number of carbonyl (C=O) groups is 1. The molecule has 1 aliphatic rings. The van der Waals surface area contributed by atoms with E-state index in [0.29, 0.717) is 16.7 Å². The van der Waals surface area contributed by atoms with Crippen LogP contribution in [0.5, 0.6) is 0 Å². The Morgan fingerprint density at radius 2 is 1.97 bits per heavy atom. The molecule has 1 aromatic carbocycles. The average molecular weight is 538 g/mol. The van der Waals surface area contributed by atoms with E-state index in [4.69, 9.17) is 4.74 Å². The number of hydrogen-bond acceptors (Lipinski definition) is 5. The van der Waals surface area contributed by atoms with E-state index in [-0.39, 0.29) is 22.6 Å². The SMILES string of the molecule is C/C=C/C(=O)N1C[C@@H](OCc2ccc(C(F)(F)F)cc2)I(Nc2ncc(F)cn2)C1. The molecule has 0 radical (unpaired) electrons. The van der Waals surface area contributed by atoms with E-state index in [1.54, 1.807) is 17.9 Å². The molecule has 1 aliphatic heterocycles. The minimum absolute atomic E-state index is 0.106. The number of alkyl halides is 5. The number of allylic oxidation sites excluding steroid dienone is 1. The number of carbonyl (C=O) groups excluding carboxylic acids is 1. The second kappa shape index (κ2) is 9.69. The zero-order chi connectivity index (χ0) is 21.7. The molecule has 11 heteroatoms. The van der Waals surface area contributed by atoms with Crippen LogP contribution in [0, 0.1) is 5.82 Å². The molecule has 1 atom stereocenters. The van der Waals surface area contributed by atoms with Gasteiger partial charge in [-0.2, -0.15) is 0 Å². The van der Waals surface area contributed by atoms with Crippen LogP contribution in [0.1, 0.15) is 18.1 Å². The van der Waals surface area contributed by atoms with Crippen molar-refractivity contribution in [2.45, 2.75) is 23.8 Å². The summed E-state index contributed by atoms with van der Waals surface area (Å²) in [6.07, 6.45) is 0.802. The molecule has 1 saturated heterocycles. The molecule has 2 heterocycles. The van der Waals surface area contributed by atoms with Crippen molar-refractivity contribution in [2.24, 2.45) is 0 Å². The molecule has 1 amide bonds. The fraction of sp³-hybridized carbons (Fsp3) is 0.316. The molecule has 30 heavy (non-hydrogen) atoms. The molecule has 0 unspecified atom stereocenters. The van der Waals surface area contributed by atoms with Crippen molar-refractivity contribution in [2.75, 3.05) is 14.6 Å². The summed E-state index contributed by atoms with van der Waals surface area (Å²) in [5.74, 6) is -0.455. The molecular formula is C19H19F4IN4O2. The summed E-state index contributed by atoms with van der Waals surface area (Å²) in [4.78, 5) is 21.7. The van der Waals surface area contributed by atoms with Crippen molar-refractivity contribution in [3.05, 3.63) is 65.8 Å². The van der Waals surface area contributed by atoms with Gasteiger partial charge in [0.2, 0.25) is 0 Å². The van der Waals surface area contributed by atoms with Crippen LogP contribution in [0.4, 0.5) is 23.5 Å². The number of halogens is 5. The summed E-state index contributed by atoms with van der Waals surface area (Å²) >= 11 is -2.19. The van der Waals surface area contributed by atoms with Crippen LogP contribution in [-0.2, 0) is 22.3 Å². The monoisotopic (exact) mass is 538 g/mol. The molecule has 6 nitrogen and oxygen atoms in total. The number of hydrogen-bond donors (Lipinski definition) is 1. The average Bonchev–Trinajstić information content (AvgIpc) is 3.11. The molecule has 162 valence electrons. The molecule has 0 saturated carbocycles. The maximum atomic E-state index is 13.0. The quantitative estimate of drug-likeness (QED) is 0.148. The molecule has 1 aromatic heterocycles. The first-order valence-electron chi connectivity index (χ1n) is 8.84. The number of nitrogens with zero attached hydrogens (tertiary/aromatic N) is 3. The number of ether oxygens (including phenoxy) is 1. The first-order chi connectivity index (χ1) is 14.3. The molecule has 0 aliphatic carbocycles. The first-order valence-corrected chi connectivity index (χ1v) is 12.7. The van der Waals surface area contributed by atoms with Crippen molar-refractivity contribution in [1.82, 2.24) is 14.9 Å². The Bertz CT molecular complexity index is 891. The maximum absolute atomic E-state index is 13.0. The number of aromatic nitrogens is 2. The topological polar surface area (TPSA) is 67.3 Å². The van der Waals surface area contributed by atoms with Crippen LogP contribution < -0.4 is 3.53 Å². The van der Waals surface area contributed by atoms with E-state index in [1.807, 2.05) is 0 Å². The Kier molecular flexibility index (Phi) is 7.23. The Hall–Kier alpha value is -2.28. The third-order valence-electron chi connectivity index (χ3n) is 4.09. The van der Waals surface area contributed by atoms with Crippen LogP contribution in [-0.4, -0.2) is 36.0 Å². The summed E-state index contributed by atoms with van der Waals surface area (Å²) in [6.45, 7) is 2.20. The summed E-state index contributed by atoms with van der Waals surface area (Å²) in [6, 6.07) is 4.76. The van der Waals surface area contributed by atoms with E-state index in [2.05, 4.69) is 13.5 Å². The van der Waals surface area contributed by atoms with Gasteiger partial charge in [0.1, 0.15) is 0 Å². The van der Waals surface area contributed by atoms with Crippen molar-refractivity contribution < 1.29 is 27.1 Å². The normalized spacial score (nSPS) is 18.2. The van der Waals surface area contributed by atoms with Gasteiger partial charge in [-0.1, -0.05) is 0 Å². The number of benzene rings is 1. The Labute approximate surface area is 178 Å². The van der Waals surface area contributed by atoms with E-state index in [1.165, 1.54) is 18.2 Å². The Morgan fingerprint density at radius 3 is 2.57 bits per heavy atom. The summed E-state index contributed by atoms with van der Waals surface area (Å²) in [5.41, 5.74) is -0.131. The van der Waals surface area contributed by atoms with Gasteiger partial charge in [-0.05, 0) is 0 Å². The molecule has 1 N–H and O–H groups in total. The molecular weight excluding hydrogens is 519 g/mol. The van der Waals surface area contributed by atoms with Gasteiger partial charge < -0.3 is 0 Å². The number of nitrogens with one attached hydrogen (secondary N) is 1. The molecule has 0 bridgehead atoms. The molecule has 3 rings (SSSR count). The minimum atomic E-state index is -4.39. The van der Waals surface area contributed by atoms with Gasteiger partial charge in [-0.15, -0.1) is 0 Å². The van der Waals surface area contributed by atoms with Crippen molar-refractivity contribution >= 4 is 31.9 Å². The number of anilines is 1. The summed E-state index contributed by atoms with van der Waals surface area (Å²) in [7, 11) is 0. The third-order valence-corrected chi connectivity index (χ3v) is 9.25. The molecule has 0 spiro atoms. The van der Waals surface area contributed by atoms with Crippen LogP contribution in [0.25, 0.3) is 0 Å². The van der Waals surface area contributed by atoms with Gasteiger partial charge >= 0.3 is 178 Å². The van der Waals surface area contributed by atoms with E-state index in [9.17, 15) is 22.4 Å². The Morgan fingerprint density at radius 1 is 1.30 bits per heavy atom. The van der Waals surface area contributed by atoms with Gasteiger partial charge in [0.25, 0.3) is 0 Å². The zero-order valence-corrected chi connectivity index (χ0v) is 18.0. The van der Waals surface area contributed by atoms with Gasteiger partial charge in [0, 0.05) is 0 Å². The van der Waals surface area contributed by atoms with Gasteiger partial charge in [0.05, 0.1) is 0 Å². The standard InChI is InChI=1S/C19H19F4IN4O2/c1-2-3-17(29)28-10-16(24(12-28)27-18-25-8-15(20)9-26-18)30-11-13-4-6-14(7-5-13)19(21,22)23/h2-9,16H,10-12H2,1H3,(H,25,26,27)/b3-2+/t16-/m1/s1. The second-order valence-electron chi connectivity index (χ2n) is 6.31. The van der Waals surface area contributed by atoms with Gasteiger partial charge in [-0.3, -0.25) is 0 Å². The predicted molar refractivity (Wildman–Crippen MR) is 111 cm³/mol. The number of amides is 1. The van der Waals surface area contributed by atoms with E-state index in [0.717, 1.165) is 24.5 Å². The Balaban J connectivity index is 1.68. The van der Waals surface area contributed by atoms with Crippen LogP contribution in [0.3, 0.4) is 0 Å². The van der Waals surface area contributed by atoms with Crippen molar-refractivity contribution in [3.63, 3.8) is 0 Å². The summed E-state index contributed by atoms with van der Waals surface area (Å²) in [5, 5.41) is 0. The zero-order valence-electron chi connectivity index (χ0n) is 15.9. The van der Waals surface area contributed by atoms with Gasteiger partial charge in [-0.25, -0.2) is 0 Å². The summed E-state index contributed by atoms with van der Waals surface area (Å²) < 4.78 is 60.5. The van der Waals surface area contributed by atoms with Crippen molar-refractivity contribution in [3.8, 4) is 0 Å². The van der Waals surface area contributed by atoms with E-state index >= 15 is 0 Å². The fourth-order valence-electron chi connectivity index (χ4n) is 2.60. The van der Waals surface area contributed by atoms with Crippen LogP contribution >= 0.6 is 20.1 Å².